The van der Waals surface area contributed by atoms with Crippen molar-refractivity contribution in [3.63, 3.8) is 0 Å². The monoisotopic (exact) mass is 447 g/mol. The van der Waals surface area contributed by atoms with Gasteiger partial charge < -0.3 is 20.7 Å². The molecule has 3 N–H and O–H groups in total. The lowest BCUT2D eigenvalue weighted by atomic mass is 10.1. The van der Waals surface area contributed by atoms with Gasteiger partial charge >= 0.3 is 0 Å². The molecule has 0 unspecified atom stereocenters. The topological polar surface area (TPSA) is 97.3 Å². The smallest absolute Gasteiger partial charge is 0.267 e. The third kappa shape index (κ3) is 6.78. The lowest BCUT2D eigenvalue weighted by molar-refractivity contribution is 0.0954. The van der Waals surface area contributed by atoms with Gasteiger partial charge in [-0.15, -0.1) is 0 Å². The zero-order valence-electron chi connectivity index (χ0n) is 18.9. The number of hydrogen-bond donors (Lipinski definition) is 3. The molecule has 0 bridgehead atoms. The maximum absolute atomic E-state index is 12.4. The highest BCUT2D eigenvalue weighted by atomic mass is 16.5. The van der Waals surface area contributed by atoms with E-state index in [4.69, 9.17) is 4.74 Å². The minimum Gasteiger partial charge on any atom is -0.480 e. The van der Waals surface area contributed by atoms with Crippen molar-refractivity contribution in [2.24, 2.45) is 0 Å². The number of benzene rings is 2. The SMILES string of the molecule is C=C(Nc1cccc(Cn2nc(-c3ccc(C(=O)NCCNC)cc3)ccc2=O)c1)OCC. The fraction of sp³-hybridized carbons (Fsp3) is 0.240. The molecule has 0 aliphatic rings. The predicted octanol–water partition coefficient (Wildman–Crippen LogP) is 2.83. The molecule has 8 nitrogen and oxygen atoms in total. The van der Waals surface area contributed by atoms with Crippen LogP contribution in [-0.2, 0) is 11.3 Å². The summed E-state index contributed by atoms with van der Waals surface area (Å²) < 4.78 is 6.76. The Morgan fingerprint density at radius 2 is 1.88 bits per heavy atom. The average Bonchev–Trinajstić information content (AvgIpc) is 2.81. The number of anilines is 1. The van der Waals surface area contributed by atoms with Crippen LogP contribution >= 0.6 is 0 Å². The quantitative estimate of drug-likeness (QED) is 0.309. The number of nitrogens with one attached hydrogen (secondary N) is 3. The first-order chi connectivity index (χ1) is 16.0. The van der Waals surface area contributed by atoms with Crippen LogP contribution in [-0.4, -0.2) is 42.4 Å². The molecule has 0 aliphatic carbocycles. The Morgan fingerprint density at radius 3 is 2.61 bits per heavy atom. The number of nitrogens with zero attached hydrogens (tertiary/aromatic N) is 2. The van der Waals surface area contributed by atoms with E-state index in [-0.39, 0.29) is 11.5 Å². The van der Waals surface area contributed by atoms with Gasteiger partial charge in [-0.3, -0.25) is 9.59 Å². The summed E-state index contributed by atoms with van der Waals surface area (Å²) in [5, 5.41) is 13.4. The maximum Gasteiger partial charge on any atom is 0.267 e. The molecule has 8 heteroatoms. The second-order valence-electron chi connectivity index (χ2n) is 7.33. The summed E-state index contributed by atoms with van der Waals surface area (Å²) in [6.07, 6.45) is 0. The van der Waals surface area contributed by atoms with Gasteiger partial charge in [-0.25, -0.2) is 4.68 Å². The molecule has 33 heavy (non-hydrogen) atoms. The highest BCUT2D eigenvalue weighted by Gasteiger charge is 2.08. The highest BCUT2D eigenvalue weighted by Crippen LogP contribution is 2.17. The standard InChI is InChI=1S/C25H29N5O3/c1-4-33-18(2)28-22-7-5-6-19(16-22)17-30-24(31)13-12-23(29-30)20-8-10-21(11-9-20)25(32)27-15-14-26-3/h5-13,16,26,28H,2,4,14-15,17H2,1,3H3,(H,27,32). The number of ether oxygens (including phenoxy) is 1. The lowest BCUT2D eigenvalue weighted by Gasteiger charge is -2.12. The molecular formula is C25H29N5O3. The van der Waals surface area contributed by atoms with Gasteiger partial charge in [0.25, 0.3) is 11.5 Å². The van der Waals surface area contributed by atoms with Gasteiger partial charge in [-0.05, 0) is 56.4 Å². The van der Waals surface area contributed by atoms with E-state index in [1.54, 1.807) is 18.2 Å². The molecule has 1 amide bonds. The lowest BCUT2D eigenvalue weighted by Crippen LogP contribution is -2.30. The highest BCUT2D eigenvalue weighted by molar-refractivity contribution is 5.94. The summed E-state index contributed by atoms with van der Waals surface area (Å²) in [4.78, 5) is 24.6. The number of amides is 1. The number of rotatable bonds is 11. The van der Waals surface area contributed by atoms with Crippen molar-refractivity contribution in [2.45, 2.75) is 13.5 Å². The van der Waals surface area contributed by atoms with Gasteiger partial charge in [0.15, 0.2) is 5.88 Å². The largest absolute Gasteiger partial charge is 0.480 e. The van der Waals surface area contributed by atoms with E-state index in [0.29, 0.717) is 43.4 Å². The molecule has 0 saturated heterocycles. The van der Waals surface area contributed by atoms with E-state index in [0.717, 1.165) is 16.8 Å². The Hall–Kier alpha value is -3.91. The summed E-state index contributed by atoms with van der Waals surface area (Å²) in [5.41, 5.74) is 3.57. The van der Waals surface area contributed by atoms with Crippen LogP contribution in [0.15, 0.2) is 77.9 Å². The second kappa shape index (κ2) is 11.6. The van der Waals surface area contributed by atoms with Crippen molar-refractivity contribution < 1.29 is 9.53 Å². The number of carbonyl (C=O) groups is 1. The van der Waals surface area contributed by atoms with E-state index in [1.165, 1.54) is 10.7 Å². The summed E-state index contributed by atoms with van der Waals surface area (Å²) in [5.74, 6) is 0.335. The van der Waals surface area contributed by atoms with E-state index < -0.39 is 0 Å². The zero-order valence-corrected chi connectivity index (χ0v) is 18.9. The third-order valence-corrected chi connectivity index (χ3v) is 4.83. The van der Waals surface area contributed by atoms with Gasteiger partial charge in [-0.1, -0.05) is 24.3 Å². The molecular weight excluding hydrogens is 418 g/mol. The van der Waals surface area contributed by atoms with Gasteiger partial charge in [0, 0.05) is 36.0 Å². The number of hydrogen-bond acceptors (Lipinski definition) is 6. The molecule has 172 valence electrons. The maximum atomic E-state index is 12.4. The first-order valence-corrected chi connectivity index (χ1v) is 10.8. The number of likely N-dealkylation sites (N-methyl/N-ethyl adjacent to an activating group) is 1. The van der Waals surface area contributed by atoms with Gasteiger partial charge in [-0.2, -0.15) is 5.10 Å². The molecule has 0 fully saturated rings. The minimum atomic E-state index is -0.198. The first kappa shape index (κ1) is 23.7. The van der Waals surface area contributed by atoms with Crippen molar-refractivity contribution in [1.82, 2.24) is 20.4 Å². The summed E-state index contributed by atoms with van der Waals surface area (Å²) in [7, 11) is 1.83. The van der Waals surface area contributed by atoms with Crippen molar-refractivity contribution in [1.29, 1.82) is 0 Å². The van der Waals surface area contributed by atoms with Gasteiger partial charge in [0.2, 0.25) is 0 Å². The Morgan fingerprint density at radius 1 is 1.09 bits per heavy atom. The molecule has 0 spiro atoms. The Bertz CT molecular complexity index is 1160. The first-order valence-electron chi connectivity index (χ1n) is 10.8. The number of carbonyl (C=O) groups excluding carboxylic acids is 1. The Kier molecular flexibility index (Phi) is 8.37. The molecule has 0 aliphatic heterocycles. The van der Waals surface area contributed by atoms with Crippen LogP contribution in [0, 0.1) is 0 Å². The molecule has 1 aromatic heterocycles. The summed E-state index contributed by atoms with van der Waals surface area (Å²) >= 11 is 0. The second-order valence-corrected chi connectivity index (χ2v) is 7.33. The Balaban J connectivity index is 1.74. The average molecular weight is 448 g/mol. The molecule has 1 heterocycles. The van der Waals surface area contributed by atoms with E-state index >= 15 is 0 Å². The molecule has 0 radical (unpaired) electrons. The van der Waals surface area contributed by atoms with E-state index in [9.17, 15) is 9.59 Å². The van der Waals surface area contributed by atoms with Crippen molar-refractivity contribution in [2.75, 3.05) is 32.1 Å². The van der Waals surface area contributed by atoms with Gasteiger partial charge in [0.1, 0.15) is 0 Å². The predicted molar refractivity (Wildman–Crippen MR) is 130 cm³/mol. The Labute approximate surface area is 193 Å². The summed E-state index contributed by atoms with van der Waals surface area (Å²) in [6.45, 7) is 7.81. The van der Waals surface area contributed by atoms with Crippen LogP contribution in [0.4, 0.5) is 5.69 Å². The summed E-state index contributed by atoms with van der Waals surface area (Å²) in [6, 6.07) is 18.0. The van der Waals surface area contributed by atoms with Crippen molar-refractivity contribution in [3.8, 4) is 11.3 Å². The fourth-order valence-corrected chi connectivity index (χ4v) is 3.20. The van der Waals surface area contributed by atoms with Crippen LogP contribution in [0.2, 0.25) is 0 Å². The molecule has 2 aromatic carbocycles. The normalized spacial score (nSPS) is 10.5. The van der Waals surface area contributed by atoms with E-state index in [2.05, 4.69) is 27.6 Å². The molecule has 0 saturated carbocycles. The molecule has 0 atom stereocenters. The number of aromatic nitrogens is 2. The van der Waals surface area contributed by atoms with Crippen molar-refractivity contribution >= 4 is 11.6 Å². The van der Waals surface area contributed by atoms with Crippen LogP contribution in [0.5, 0.6) is 0 Å². The zero-order chi connectivity index (χ0) is 23.6. The fourth-order valence-electron chi connectivity index (χ4n) is 3.20. The van der Waals surface area contributed by atoms with Gasteiger partial charge in [0.05, 0.1) is 18.8 Å². The van der Waals surface area contributed by atoms with E-state index in [1.807, 2.05) is 50.4 Å². The van der Waals surface area contributed by atoms with Crippen LogP contribution < -0.4 is 21.5 Å². The van der Waals surface area contributed by atoms with Crippen molar-refractivity contribution in [3.05, 3.63) is 94.6 Å². The third-order valence-electron chi connectivity index (χ3n) is 4.83. The molecule has 3 aromatic rings. The molecule has 3 rings (SSSR count). The minimum absolute atomic E-state index is 0.129. The van der Waals surface area contributed by atoms with Crippen LogP contribution in [0.25, 0.3) is 11.3 Å². The van der Waals surface area contributed by atoms with Crippen LogP contribution in [0.1, 0.15) is 22.8 Å². The van der Waals surface area contributed by atoms with Crippen LogP contribution in [0.3, 0.4) is 0 Å².